The maximum Gasteiger partial charge on any atom is 0.183 e. The summed E-state index contributed by atoms with van der Waals surface area (Å²) in [5.41, 5.74) is 0. The lowest BCUT2D eigenvalue weighted by Gasteiger charge is -2.06. The van der Waals surface area contributed by atoms with Crippen molar-refractivity contribution in [3.8, 4) is 0 Å². The molecule has 0 radical (unpaired) electrons. The average molecular weight is 265 g/mol. The largest absolute Gasteiger partial charge is 0.316 e. The molecular weight excluding hydrogens is 252 g/mol. The van der Waals surface area contributed by atoms with Gasteiger partial charge in [0, 0.05) is 27.6 Å². The Bertz CT molecular complexity index is 350. The third kappa shape index (κ3) is 3.52. The maximum atomic E-state index is 11.8. The first-order valence-electron chi connectivity index (χ1n) is 4.90. The van der Waals surface area contributed by atoms with Gasteiger partial charge in [0.05, 0.1) is 5.75 Å². The van der Waals surface area contributed by atoms with Crippen LogP contribution in [0.2, 0.25) is 4.47 Å². The van der Waals surface area contributed by atoms with Gasteiger partial charge in [0.25, 0.3) is 0 Å². The van der Waals surface area contributed by atoms with Gasteiger partial charge in [-0.05, 0) is 25.4 Å². The highest BCUT2D eigenvalue weighted by Crippen LogP contribution is 2.20. The lowest BCUT2D eigenvalue weighted by molar-refractivity contribution is 0.632. The second-order valence-electron chi connectivity index (χ2n) is 3.69. The molecule has 1 saturated heterocycles. The fourth-order valence-corrected chi connectivity index (χ4v) is 4.41. The molecule has 1 aliphatic rings. The monoisotopic (exact) mass is 264 g/mol. The topological polar surface area (TPSA) is 42.0 Å². The lowest BCUT2D eigenvalue weighted by atomic mass is 10.2. The Hall–Kier alpha value is 0.0300. The molecule has 2 heterocycles. The van der Waals surface area contributed by atoms with Crippen molar-refractivity contribution in [1.29, 1.82) is 0 Å². The molecule has 0 bridgehead atoms. The van der Waals surface area contributed by atoms with Crippen LogP contribution in [-0.4, -0.2) is 28.0 Å². The van der Waals surface area contributed by atoms with E-state index in [4.69, 9.17) is 11.6 Å². The summed E-state index contributed by atoms with van der Waals surface area (Å²) in [5.74, 6) is 1.97. The molecule has 1 aliphatic heterocycles. The summed E-state index contributed by atoms with van der Waals surface area (Å²) in [7, 11) is -0.776. The molecule has 2 atom stereocenters. The van der Waals surface area contributed by atoms with Crippen molar-refractivity contribution >= 4 is 33.7 Å². The Balaban J connectivity index is 1.81. The minimum absolute atomic E-state index is 0.532. The molecule has 0 spiro atoms. The number of hydrogen-bond donors (Lipinski definition) is 1. The van der Waals surface area contributed by atoms with Crippen LogP contribution in [0.3, 0.4) is 0 Å². The van der Waals surface area contributed by atoms with E-state index in [-0.39, 0.29) is 0 Å². The van der Waals surface area contributed by atoms with E-state index >= 15 is 0 Å². The molecule has 1 aromatic rings. The summed E-state index contributed by atoms with van der Waals surface area (Å²) in [6.07, 6.45) is 2.87. The predicted octanol–water partition coefficient (Wildman–Crippen LogP) is 1.65. The second-order valence-corrected chi connectivity index (χ2v) is 6.89. The quantitative estimate of drug-likeness (QED) is 0.899. The molecule has 0 amide bonds. The zero-order valence-corrected chi connectivity index (χ0v) is 10.6. The molecule has 0 aliphatic carbocycles. The van der Waals surface area contributed by atoms with Crippen molar-refractivity contribution in [2.75, 3.05) is 18.8 Å². The Morgan fingerprint density at radius 1 is 1.73 bits per heavy atom. The Morgan fingerprint density at radius 3 is 3.20 bits per heavy atom. The highest BCUT2D eigenvalue weighted by atomic mass is 35.5. The number of nitrogens with one attached hydrogen (secondary N) is 1. The van der Waals surface area contributed by atoms with Crippen molar-refractivity contribution < 1.29 is 4.21 Å². The van der Waals surface area contributed by atoms with Crippen molar-refractivity contribution in [2.45, 2.75) is 12.2 Å². The van der Waals surface area contributed by atoms with Crippen LogP contribution >= 0.6 is 22.9 Å². The normalized spacial score (nSPS) is 23.1. The minimum Gasteiger partial charge on any atom is -0.316 e. The van der Waals surface area contributed by atoms with Crippen LogP contribution in [0.4, 0.5) is 0 Å². The van der Waals surface area contributed by atoms with E-state index in [1.54, 1.807) is 6.20 Å². The number of aromatic nitrogens is 1. The van der Waals surface area contributed by atoms with E-state index < -0.39 is 10.8 Å². The molecule has 6 heteroatoms. The predicted molar refractivity (Wildman–Crippen MR) is 64.8 cm³/mol. The van der Waals surface area contributed by atoms with Gasteiger partial charge in [0.15, 0.2) is 4.47 Å². The second kappa shape index (κ2) is 5.39. The van der Waals surface area contributed by atoms with Crippen molar-refractivity contribution in [2.24, 2.45) is 5.92 Å². The van der Waals surface area contributed by atoms with Gasteiger partial charge in [-0.15, -0.1) is 11.3 Å². The van der Waals surface area contributed by atoms with Gasteiger partial charge in [0.1, 0.15) is 0 Å². The van der Waals surface area contributed by atoms with Crippen LogP contribution in [0.1, 0.15) is 11.3 Å². The number of nitrogens with zero attached hydrogens (tertiary/aromatic N) is 1. The van der Waals surface area contributed by atoms with Crippen molar-refractivity contribution in [3.05, 3.63) is 15.5 Å². The summed E-state index contributed by atoms with van der Waals surface area (Å²) < 4.78 is 12.3. The summed E-state index contributed by atoms with van der Waals surface area (Å²) in [6, 6.07) is 0. The number of thiazole rings is 1. The van der Waals surface area contributed by atoms with Crippen LogP contribution < -0.4 is 5.32 Å². The molecule has 1 fully saturated rings. The molecule has 0 aromatic carbocycles. The van der Waals surface area contributed by atoms with Gasteiger partial charge in [-0.3, -0.25) is 4.21 Å². The van der Waals surface area contributed by atoms with Gasteiger partial charge in [-0.2, -0.15) is 0 Å². The molecule has 1 N–H and O–H groups in total. The van der Waals surface area contributed by atoms with Crippen LogP contribution in [-0.2, 0) is 16.6 Å². The van der Waals surface area contributed by atoms with Crippen molar-refractivity contribution in [1.82, 2.24) is 10.3 Å². The summed E-state index contributed by atoms with van der Waals surface area (Å²) in [4.78, 5) is 4.96. The standard InChI is InChI=1S/C9H13ClN2OS2/c10-9-12-4-8(14-9)6-15(13)5-7-1-2-11-3-7/h4,7,11H,1-3,5-6H2. The molecule has 3 nitrogen and oxygen atoms in total. The van der Waals surface area contributed by atoms with E-state index in [1.165, 1.54) is 11.3 Å². The highest BCUT2D eigenvalue weighted by Gasteiger charge is 2.17. The molecule has 0 saturated carbocycles. The summed E-state index contributed by atoms with van der Waals surface area (Å²) in [6.45, 7) is 2.07. The highest BCUT2D eigenvalue weighted by molar-refractivity contribution is 7.84. The summed E-state index contributed by atoms with van der Waals surface area (Å²) in [5, 5.41) is 3.28. The first-order valence-corrected chi connectivity index (χ1v) is 7.58. The summed E-state index contributed by atoms with van der Waals surface area (Å²) >= 11 is 7.13. The maximum absolute atomic E-state index is 11.8. The zero-order valence-electron chi connectivity index (χ0n) is 8.24. The van der Waals surface area contributed by atoms with Crippen LogP contribution in [0.5, 0.6) is 0 Å². The van der Waals surface area contributed by atoms with Crippen molar-refractivity contribution in [3.63, 3.8) is 0 Å². The van der Waals surface area contributed by atoms with E-state index in [9.17, 15) is 4.21 Å². The van der Waals surface area contributed by atoms with E-state index in [0.29, 0.717) is 16.1 Å². The zero-order chi connectivity index (χ0) is 10.7. The molecule has 1 aromatic heterocycles. The molecule has 84 valence electrons. The number of hydrogen-bond acceptors (Lipinski definition) is 4. The van der Waals surface area contributed by atoms with E-state index in [1.807, 2.05) is 0 Å². The van der Waals surface area contributed by atoms with Crippen LogP contribution in [0.15, 0.2) is 6.20 Å². The molecule has 2 unspecified atom stereocenters. The fraction of sp³-hybridized carbons (Fsp3) is 0.667. The Morgan fingerprint density at radius 2 is 2.60 bits per heavy atom. The first kappa shape index (κ1) is 11.5. The Kier molecular flexibility index (Phi) is 4.13. The van der Waals surface area contributed by atoms with Gasteiger partial charge >= 0.3 is 0 Å². The first-order chi connectivity index (χ1) is 7.24. The smallest absolute Gasteiger partial charge is 0.183 e. The van der Waals surface area contributed by atoms with Gasteiger partial charge in [-0.25, -0.2) is 4.98 Å². The van der Waals surface area contributed by atoms with Gasteiger partial charge < -0.3 is 5.32 Å². The molecule has 15 heavy (non-hydrogen) atoms. The number of rotatable bonds is 4. The minimum atomic E-state index is -0.776. The van der Waals surface area contributed by atoms with Crippen LogP contribution in [0.25, 0.3) is 0 Å². The average Bonchev–Trinajstić information content (AvgIpc) is 2.77. The third-order valence-corrected chi connectivity index (χ3v) is 5.19. The SMILES string of the molecule is O=S(Cc1cnc(Cl)s1)CC1CCNC1. The third-order valence-electron chi connectivity index (χ3n) is 2.41. The van der Waals surface area contributed by atoms with Gasteiger partial charge in [-0.1, -0.05) is 11.6 Å². The van der Waals surface area contributed by atoms with E-state index in [2.05, 4.69) is 10.3 Å². The number of halogens is 1. The van der Waals surface area contributed by atoms with Crippen LogP contribution in [0, 0.1) is 5.92 Å². The molecular formula is C9H13ClN2OS2. The molecule has 2 rings (SSSR count). The fourth-order valence-electron chi connectivity index (χ4n) is 1.69. The lowest BCUT2D eigenvalue weighted by Crippen LogP contribution is -2.15. The van der Waals surface area contributed by atoms with E-state index in [0.717, 1.165) is 30.1 Å². The Labute approximate surface area is 101 Å². The van der Waals surface area contributed by atoms with Gasteiger partial charge in [0.2, 0.25) is 0 Å².